The highest BCUT2D eigenvalue weighted by Gasteiger charge is 2.21. The molecular formula is C22H18Cl2N4OS. The summed E-state index contributed by atoms with van der Waals surface area (Å²) in [6.07, 6.45) is 1.44. The van der Waals surface area contributed by atoms with Crippen LogP contribution in [-0.4, -0.2) is 25.7 Å². The average molecular weight is 457 g/mol. The lowest BCUT2D eigenvalue weighted by atomic mass is 10.2. The number of fused-ring (bicyclic) bond motifs is 1. The number of imidazole rings is 1. The normalized spacial score (nSPS) is 12.1. The van der Waals surface area contributed by atoms with E-state index < -0.39 is 5.25 Å². The van der Waals surface area contributed by atoms with Gasteiger partial charge in [0, 0.05) is 6.20 Å². The molecule has 5 nitrogen and oxygen atoms in total. The Morgan fingerprint density at radius 3 is 2.63 bits per heavy atom. The van der Waals surface area contributed by atoms with E-state index in [4.69, 9.17) is 28.2 Å². The Morgan fingerprint density at radius 2 is 1.87 bits per heavy atom. The molecular weight excluding hydrogens is 439 g/mol. The molecule has 1 amide bonds. The van der Waals surface area contributed by atoms with Crippen molar-refractivity contribution in [1.82, 2.24) is 14.5 Å². The molecule has 0 saturated heterocycles. The van der Waals surface area contributed by atoms with Crippen molar-refractivity contribution in [3.05, 3.63) is 82.5 Å². The summed E-state index contributed by atoms with van der Waals surface area (Å²) in [5, 5.41) is 3.83. The van der Waals surface area contributed by atoms with Gasteiger partial charge in [0.15, 0.2) is 11.0 Å². The van der Waals surface area contributed by atoms with E-state index in [0.29, 0.717) is 16.6 Å². The molecule has 1 unspecified atom stereocenters. The van der Waals surface area contributed by atoms with Crippen molar-refractivity contribution >= 4 is 57.7 Å². The summed E-state index contributed by atoms with van der Waals surface area (Å²) in [5.74, 6) is 0.0753. The van der Waals surface area contributed by atoms with Crippen molar-refractivity contribution < 1.29 is 4.79 Å². The van der Waals surface area contributed by atoms with Gasteiger partial charge in [0.25, 0.3) is 0 Å². The third-order valence-electron chi connectivity index (χ3n) is 4.50. The lowest BCUT2D eigenvalue weighted by molar-refractivity contribution is -0.115. The summed E-state index contributed by atoms with van der Waals surface area (Å²) in [4.78, 5) is 21.6. The molecule has 4 rings (SSSR count). The van der Waals surface area contributed by atoms with Crippen LogP contribution in [0.15, 0.2) is 72.0 Å². The summed E-state index contributed by atoms with van der Waals surface area (Å²) in [6.45, 7) is 2.50. The monoisotopic (exact) mass is 456 g/mol. The Kier molecular flexibility index (Phi) is 6.27. The van der Waals surface area contributed by atoms with E-state index >= 15 is 0 Å². The number of rotatable bonds is 6. The van der Waals surface area contributed by atoms with Gasteiger partial charge in [-0.05, 0) is 30.7 Å². The number of para-hydroxylation sites is 2. The average Bonchev–Trinajstić information content (AvgIpc) is 3.08. The van der Waals surface area contributed by atoms with Gasteiger partial charge in [0.1, 0.15) is 0 Å². The minimum atomic E-state index is -0.412. The third kappa shape index (κ3) is 4.61. The van der Waals surface area contributed by atoms with Gasteiger partial charge in [-0.15, -0.1) is 0 Å². The minimum Gasteiger partial charge on any atom is -0.314 e. The fraction of sp³-hybridized carbons (Fsp3) is 0.136. The summed E-state index contributed by atoms with van der Waals surface area (Å²) in [6, 6.07) is 19.7. The van der Waals surface area contributed by atoms with E-state index in [1.807, 2.05) is 49.4 Å². The summed E-state index contributed by atoms with van der Waals surface area (Å²) < 4.78 is 2.13. The van der Waals surface area contributed by atoms with Crippen molar-refractivity contribution in [1.29, 1.82) is 0 Å². The predicted octanol–water partition coefficient (Wildman–Crippen LogP) is 5.91. The van der Waals surface area contributed by atoms with Crippen LogP contribution in [0.3, 0.4) is 0 Å². The second kappa shape index (κ2) is 9.08. The number of nitrogens with zero attached hydrogens (tertiary/aromatic N) is 3. The third-order valence-corrected chi connectivity index (χ3v) is 6.09. The van der Waals surface area contributed by atoms with Gasteiger partial charge < -0.3 is 9.88 Å². The molecule has 0 bridgehead atoms. The number of hydrogen-bond donors (Lipinski definition) is 1. The molecule has 0 spiro atoms. The number of benzene rings is 2. The maximum atomic E-state index is 12.7. The number of carbonyl (C=O) groups is 1. The highest BCUT2D eigenvalue weighted by molar-refractivity contribution is 8.00. The standard InChI is InChI=1S/C22H18Cl2N4OS/c1-14(21(29)27-20-17(24)11-16(23)12-25-20)30-22-26-18-9-5-6-10-19(18)28(22)13-15-7-3-2-4-8-15/h2-12,14H,13H2,1H3,(H,25,27,29). The van der Waals surface area contributed by atoms with Gasteiger partial charge >= 0.3 is 0 Å². The molecule has 2 heterocycles. The number of anilines is 1. The van der Waals surface area contributed by atoms with Crippen LogP contribution in [-0.2, 0) is 11.3 Å². The molecule has 1 N–H and O–H groups in total. The SMILES string of the molecule is CC(Sc1nc2ccccc2n1Cc1ccccc1)C(=O)Nc1ncc(Cl)cc1Cl. The van der Waals surface area contributed by atoms with Crippen molar-refractivity contribution in [2.45, 2.75) is 23.9 Å². The number of nitrogens with one attached hydrogen (secondary N) is 1. The lowest BCUT2D eigenvalue weighted by Gasteiger charge is -2.14. The molecule has 30 heavy (non-hydrogen) atoms. The number of thioether (sulfide) groups is 1. The van der Waals surface area contributed by atoms with Crippen LogP contribution >= 0.6 is 35.0 Å². The van der Waals surface area contributed by atoms with Crippen molar-refractivity contribution in [3.63, 3.8) is 0 Å². The van der Waals surface area contributed by atoms with Crippen molar-refractivity contribution in [2.75, 3.05) is 5.32 Å². The Labute approximate surface area is 188 Å². The lowest BCUT2D eigenvalue weighted by Crippen LogP contribution is -2.23. The quantitative estimate of drug-likeness (QED) is 0.366. The first-order valence-corrected chi connectivity index (χ1v) is 10.9. The molecule has 8 heteroatoms. The molecule has 0 saturated carbocycles. The molecule has 4 aromatic rings. The zero-order valence-electron chi connectivity index (χ0n) is 16.0. The number of pyridine rings is 1. The highest BCUT2D eigenvalue weighted by atomic mass is 35.5. The molecule has 1 atom stereocenters. The van der Waals surface area contributed by atoms with Gasteiger partial charge in [-0.3, -0.25) is 4.79 Å². The van der Waals surface area contributed by atoms with Crippen LogP contribution in [0.25, 0.3) is 11.0 Å². The molecule has 2 aromatic heterocycles. The second-order valence-corrected chi connectivity index (χ2v) is 8.84. The predicted molar refractivity (Wildman–Crippen MR) is 123 cm³/mol. The largest absolute Gasteiger partial charge is 0.314 e. The van der Waals surface area contributed by atoms with Gasteiger partial charge in [-0.25, -0.2) is 9.97 Å². The first-order chi connectivity index (χ1) is 14.5. The molecule has 0 aliphatic carbocycles. The first kappa shape index (κ1) is 20.7. The highest BCUT2D eigenvalue weighted by Crippen LogP contribution is 2.29. The van der Waals surface area contributed by atoms with E-state index in [1.165, 1.54) is 18.0 Å². The van der Waals surface area contributed by atoms with E-state index in [1.54, 1.807) is 6.07 Å². The molecule has 2 aromatic carbocycles. The number of hydrogen-bond acceptors (Lipinski definition) is 4. The fourth-order valence-electron chi connectivity index (χ4n) is 3.00. The second-order valence-electron chi connectivity index (χ2n) is 6.69. The molecule has 0 radical (unpaired) electrons. The van der Waals surface area contributed by atoms with Gasteiger partial charge in [0.05, 0.1) is 32.9 Å². The minimum absolute atomic E-state index is 0.213. The molecule has 0 aliphatic heterocycles. The summed E-state index contributed by atoms with van der Waals surface area (Å²) in [7, 11) is 0. The number of amides is 1. The Hall–Kier alpha value is -2.54. The van der Waals surface area contributed by atoms with E-state index in [2.05, 4.69) is 27.0 Å². The van der Waals surface area contributed by atoms with Crippen molar-refractivity contribution in [3.8, 4) is 0 Å². The maximum Gasteiger partial charge on any atom is 0.238 e. The molecule has 0 fully saturated rings. The molecule has 0 aliphatic rings. The Bertz CT molecular complexity index is 1200. The van der Waals surface area contributed by atoms with Crippen LogP contribution in [0.4, 0.5) is 5.82 Å². The number of halogens is 2. The Morgan fingerprint density at radius 1 is 1.13 bits per heavy atom. The zero-order chi connectivity index (χ0) is 21.1. The fourth-order valence-corrected chi connectivity index (χ4v) is 4.35. The maximum absolute atomic E-state index is 12.7. The first-order valence-electron chi connectivity index (χ1n) is 9.29. The van der Waals surface area contributed by atoms with Crippen molar-refractivity contribution in [2.24, 2.45) is 0 Å². The van der Waals surface area contributed by atoms with E-state index in [-0.39, 0.29) is 11.7 Å². The Balaban J connectivity index is 1.58. The van der Waals surface area contributed by atoms with Gasteiger partial charge in [0.2, 0.25) is 5.91 Å². The topological polar surface area (TPSA) is 59.8 Å². The number of carbonyl (C=O) groups excluding carboxylic acids is 1. The summed E-state index contributed by atoms with van der Waals surface area (Å²) in [5.41, 5.74) is 3.08. The van der Waals surface area contributed by atoms with Crippen LogP contribution < -0.4 is 5.32 Å². The van der Waals surface area contributed by atoms with Gasteiger partial charge in [-0.2, -0.15) is 0 Å². The van der Waals surface area contributed by atoms with Crippen LogP contribution in [0, 0.1) is 0 Å². The van der Waals surface area contributed by atoms with Crippen LogP contribution in [0.5, 0.6) is 0 Å². The van der Waals surface area contributed by atoms with E-state index in [0.717, 1.165) is 21.8 Å². The molecule has 152 valence electrons. The summed E-state index contributed by atoms with van der Waals surface area (Å²) >= 11 is 13.4. The van der Waals surface area contributed by atoms with E-state index in [9.17, 15) is 4.79 Å². The smallest absolute Gasteiger partial charge is 0.238 e. The van der Waals surface area contributed by atoms with Crippen LogP contribution in [0.1, 0.15) is 12.5 Å². The van der Waals surface area contributed by atoms with Crippen LogP contribution in [0.2, 0.25) is 10.0 Å². The zero-order valence-corrected chi connectivity index (χ0v) is 18.4. The number of aromatic nitrogens is 3. The van der Waals surface area contributed by atoms with Gasteiger partial charge in [-0.1, -0.05) is 77.4 Å².